The lowest BCUT2D eigenvalue weighted by Gasteiger charge is -2.19. The first-order valence-corrected chi connectivity index (χ1v) is 8.48. The molecule has 1 aromatic carbocycles. The smallest absolute Gasteiger partial charge is 0.216 e. The van der Waals surface area contributed by atoms with Gasteiger partial charge in [0.25, 0.3) is 0 Å². The molecule has 1 saturated carbocycles. The van der Waals surface area contributed by atoms with Crippen molar-refractivity contribution >= 4 is 21.6 Å². The first kappa shape index (κ1) is 14.8. The van der Waals surface area contributed by atoms with Gasteiger partial charge in [-0.2, -0.15) is 0 Å². The minimum atomic E-state index is -3.37. The van der Waals surface area contributed by atoms with Crippen LogP contribution in [0.3, 0.4) is 0 Å². The highest BCUT2D eigenvalue weighted by atomic mass is 35.5. The quantitative estimate of drug-likeness (QED) is 0.872. The van der Waals surface area contributed by atoms with Crippen molar-refractivity contribution in [3.05, 3.63) is 34.9 Å². The Hall–Kier alpha value is -0.620. The van der Waals surface area contributed by atoms with Crippen LogP contribution in [0.5, 0.6) is 0 Å². The van der Waals surface area contributed by atoms with Crippen LogP contribution in [-0.4, -0.2) is 21.0 Å². The molecule has 0 aromatic heterocycles. The molecule has 0 spiro atoms. The van der Waals surface area contributed by atoms with Gasteiger partial charge in [0.15, 0.2) is 0 Å². The Bertz CT molecular complexity index is 533. The summed E-state index contributed by atoms with van der Waals surface area (Å²) in [5, 5.41) is 0.481. The summed E-state index contributed by atoms with van der Waals surface area (Å²) in [5.74, 6) is 0.168. The molecule has 1 aromatic rings. The van der Waals surface area contributed by atoms with Crippen LogP contribution in [0.15, 0.2) is 24.3 Å². The summed E-state index contributed by atoms with van der Waals surface area (Å²) in [6.07, 6.45) is 2.89. The zero-order valence-corrected chi connectivity index (χ0v) is 12.3. The molecule has 1 aliphatic rings. The molecule has 3 N–H and O–H groups in total. The molecule has 0 unspecified atom stereocenters. The van der Waals surface area contributed by atoms with E-state index in [1.807, 2.05) is 0 Å². The van der Waals surface area contributed by atoms with Gasteiger partial charge in [0.1, 0.15) is 0 Å². The number of nitrogens with two attached hydrogens (primary N) is 1. The van der Waals surface area contributed by atoms with Crippen LogP contribution in [-0.2, 0) is 15.8 Å². The van der Waals surface area contributed by atoms with Crippen molar-refractivity contribution in [3.63, 3.8) is 0 Å². The van der Waals surface area contributed by atoms with E-state index in [0.29, 0.717) is 17.1 Å². The summed E-state index contributed by atoms with van der Waals surface area (Å²) in [7, 11) is -3.37. The normalized spacial score (nSPS) is 23.7. The van der Waals surface area contributed by atoms with Gasteiger partial charge in [0.2, 0.25) is 10.0 Å². The van der Waals surface area contributed by atoms with Crippen molar-refractivity contribution in [1.29, 1.82) is 0 Å². The molecule has 6 heteroatoms. The van der Waals surface area contributed by atoms with Gasteiger partial charge in [-0.3, -0.25) is 0 Å². The lowest BCUT2D eigenvalue weighted by atomic mass is 10.1. The van der Waals surface area contributed by atoms with E-state index in [9.17, 15) is 8.42 Å². The van der Waals surface area contributed by atoms with Crippen molar-refractivity contribution in [2.24, 2.45) is 11.7 Å². The molecule has 0 aliphatic heterocycles. The van der Waals surface area contributed by atoms with Crippen LogP contribution in [0.1, 0.15) is 24.8 Å². The van der Waals surface area contributed by atoms with E-state index < -0.39 is 10.0 Å². The fourth-order valence-corrected chi connectivity index (χ4v) is 4.36. The average Bonchev–Trinajstić information content (AvgIpc) is 2.78. The highest BCUT2D eigenvalue weighted by molar-refractivity contribution is 7.88. The van der Waals surface area contributed by atoms with Crippen molar-refractivity contribution in [2.75, 3.05) is 6.54 Å². The van der Waals surface area contributed by atoms with Gasteiger partial charge >= 0.3 is 0 Å². The fourth-order valence-electron chi connectivity index (χ4n) is 2.57. The van der Waals surface area contributed by atoms with Gasteiger partial charge in [0.05, 0.1) is 5.75 Å². The van der Waals surface area contributed by atoms with Crippen LogP contribution in [0, 0.1) is 5.92 Å². The maximum Gasteiger partial charge on any atom is 0.216 e. The van der Waals surface area contributed by atoms with Crippen molar-refractivity contribution < 1.29 is 8.42 Å². The maximum atomic E-state index is 12.2. The highest BCUT2D eigenvalue weighted by Crippen LogP contribution is 2.26. The summed E-state index contributed by atoms with van der Waals surface area (Å²) in [6.45, 7) is 0.527. The molecule has 1 aliphatic carbocycles. The molecule has 1 fully saturated rings. The maximum absolute atomic E-state index is 12.2. The van der Waals surface area contributed by atoms with E-state index in [-0.39, 0.29) is 17.7 Å². The number of halogens is 1. The molecule has 0 radical (unpaired) electrons. The van der Waals surface area contributed by atoms with Gasteiger partial charge in [-0.25, -0.2) is 13.1 Å². The minimum Gasteiger partial charge on any atom is -0.330 e. The fraction of sp³-hybridized carbons (Fsp3) is 0.538. The van der Waals surface area contributed by atoms with E-state index >= 15 is 0 Å². The Balaban J connectivity index is 2.05. The lowest BCUT2D eigenvalue weighted by molar-refractivity contribution is 0.452. The monoisotopic (exact) mass is 302 g/mol. The number of benzene rings is 1. The molecule has 0 bridgehead atoms. The van der Waals surface area contributed by atoms with Crippen molar-refractivity contribution in [3.8, 4) is 0 Å². The Morgan fingerprint density at radius 2 is 2.05 bits per heavy atom. The Labute approximate surface area is 119 Å². The second-order valence-electron chi connectivity index (χ2n) is 5.00. The molecular weight excluding hydrogens is 284 g/mol. The minimum absolute atomic E-state index is 0.0301. The summed E-state index contributed by atoms with van der Waals surface area (Å²) < 4.78 is 27.1. The molecule has 0 amide bonds. The summed E-state index contributed by atoms with van der Waals surface area (Å²) in [5.41, 5.74) is 6.29. The summed E-state index contributed by atoms with van der Waals surface area (Å²) >= 11 is 5.99. The highest BCUT2D eigenvalue weighted by Gasteiger charge is 2.29. The molecule has 4 nitrogen and oxygen atoms in total. The second kappa shape index (κ2) is 6.22. The largest absolute Gasteiger partial charge is 0.330 e. The average molecular weight is 303 g/mol. The number of nitrogens with one attached hydrogen (secondary N) is 1. The molecule has 106 valence electrons. The Morgan fingerprint density at radius 3 is 2.74 bits per heavy atom. The van der Waals surface area contributed by atoms with Gasteiger partial charge in [0, 0.05) is 11.1 Å². The van der Waals surface area contributed by atoms with Crippen LogP contribution in [0.4, 0.5) is 0 Å². The number of hydrogen-bond donors (Lipinski definition) is 2. The molecule has 19 heavy (non-hydrogen) atoms. The standard InChI is InChI=1S/C13H19ClN2O2S/c14-12-6-2-1-4-11(12)9-19(17,18)16-13-7-3-5-10(13)8-15/h1-2,4,6,10,13,16H,3,5,7-9,15H2/t10-,13-/m0/s1. The van der Waals surface area contributed by atoms with E-state index in [0.717, 1.165) is 19.3 Å². The lowest BCUT2D eigenvalue weighted by Crippen LogP contribution is -2.40. The van der Waals surface area contributed by atoms with Gasteiger partial charge in [-0.1, -0.05) is 36.2 Å². The number of hydrogen-bond acceptors (Lipinski definition) is 3. The van der Waals surface area contributed by atoms with Crippen LogP contribution >= 0.6 is 11.6 Å². The number of rotatable bonds is 5. The molecular formula is C13H19ClN2O2S. The second-order valence-corrected chi connectivity index (χ2v) is 7.16. The SMILES string of the molecule is NC[C@@H]1CCC[C@@H]1NS(=O)(=O)Cc1ccccc1Cl. The van der Waals surface area contributed by atoms with Crippen LogP contribution in [0.25, 0.3) is 0 Å². The van der Waals surface area contributed by atoms with E-state index in [1.165, 1.54) is 0 Å². The van der Waals surface area contributed by atoms with Crippen molar-refractivity contribution in [2.45, 2.75) is 31.1 Å². The molecule has 2 atom stereocenters. The first-order valence-electron chi connectivity index (χ1n) is 6.45. The topological polar surface area (TPSA) is 72.2 Å². The van der Waals surface area contributed by atoms with E-state index in [1.54, 1.807) is 24.3 Å². The summed E-state index contributed by atoms with van der Waals surface area (Å²) in [6, 6.07) is 6.97. The zero-order valence-electron chi connectivity index (χ0n) is 10.7. The third kappa shape index (κ3) is 3.92. The third-order valence-electron chi connectivity index (χ3n) is 3.60. The first-order chi connectivity index (χ1) is 9.02. The molecule has 0 saturated heterocycles. The van der Waals surface area contributed by atoms with Gasteiger partial charge in [-0.05, 0) is 36.9 Å². The zero-order chi connectivity index (χ0) is 13.9. The molecule has 2 rings (SSSR count). The Kier molecular flexibility index (Phi) is 4.84. The molecule has 0 heterocycles. The van der Waals surface area contributed by atoms with E-state index in [4.69, 9.17) is 17.3 Å². The number of sulfonamides is 1. The van der Waals surface area contributed by atoms with Gasteiger partial charge < -0.3 is 5.73 Å². The predicted octanol–water partition coefficient (Wildman–Crippen LogP) is 1.89. The van der Waals surface area contributed by atoms with E-state index in [2.05, 4.69) is 4.72 Å². The Morgan fingerprint density at radius 1 is 1.32 bits per heavy atom. The summed E-state index contributed by atoms with van der Waals surface area (Å²) in [4.78, 5) is 0. The van der Waals surface area contributed by atoms with Crippen LogP contribution in [0.2, 0.25) is 5.02 Å². The predicted molar refractivity (Wildman–Crippen MR) is 77.4 cm³/mol. The van der Waals surface area contributed by atoms with Crippen molar-refractivity contribution in [1.82, 2.24) is 4.72 Å². The third-order valence-corrected chi connectivity index (χ3v) is 5.32. The van der Waals surface area contributed by atoms with Crippen LogP contribution < -0.4 is 10.5 Å². The van der Waals surface area contributed by atoms with Gasteiger partial charge in [-0.15, -0.1) is 0 Å².